The highest BCUT2D eigenvalue weighted by molar-refractivity contribution is 6.30. The summed E-state index contributed by atoms with van der Waals surface area (Å²) in [6.07, 6.45) is 5.23. The molecule has 1 unspecified atom stereocenters. The van der Waals surface area contributed by atoms with Gasteiger partial charge in [-0.1, -0.05) is 44.0 Å². The summed E-state index contributed by atoms with van der Waals surface area (Å²) in [7, 11) is 4.45. The maximum atomic E-state index is 6.04. The van der Waals surface area contributed by atoms with Crippen LogP contribution in [0, 0.1) is 5.92 Å². The minimum absolute atomic E-state index is 0. The molecule has 0 saturated heterocycles. The van der Waals surface area contributed by atoms with Crippen molar-refractivity contribution in [3.8, 4) is 0 Å². The normalized spacial score (nSPS) is 17.7. The molecule has 1 aliphatic rings. The first-order chi connectivity index (χ1) is 8.95. The van der Waals surface area contributed by atoms with Crippen molar-refractivity contribution in [3.05, 3.63) is 34.9 Å². The van der Waals surface area contributed by atoms with Crippen LogP contribution in [0.5, 0.6) is 0 Å². The van der Waals surface area contributed by atoms with Gasteiger partial charge in [0, 0.05) is 16.5 Å². The molecular weight excluding hydrogens is 305 g/mol. The lowest BCUT2D eigenvalue weighted by atomic mass is 9.58. The number of halogens is 2. The maximum Gasteiger partial charge on any atom is 0.0406 e. The van der Waals surface area contributed by atoms with Crippen LogP contribution in [0.4, 0.5) is 0 Å². The molecule has 1 atom stereocenters. The lowest BCUT2D eigenvalue weighted by molar-refractivity contribution is -0.00000545. The molecule has 21 heavy (non-hydrogen) atoms. The quantitative estimate of drug-likeness (QED) is 0.789. The van der Waals surface area contributed by atoms with Gasteiger partial charge in [-0.25, -0.2) is 0 Å². The van der Waals surface area contributed by atoms with Crippen LogP contribution in [-0.2, 0) is 5.41 Å². The van der Waals surface area contributed by atoms with Crippen LogP contribution < -0.4 is 12.4 Å². The molecule has 0 aliphatic heterocycles. The first kappa shape index (κ1) is 20.7. The molecule has 2 nitrogen and oxygen atoms in total. The van der Waals surface area contributed by atoms with Gasteiger partial charge in [0.05, 0.1) is 0 Å². The van der Waals surface area contributed by atoms with Crippen LogP contribution in [0.2, 0.25) is 5.02 Å². The number of nitrogens with zero attached hydrogens (tertiary/aromatic N) is 1. The molecule has 2 rings (SSSR count). The van der Waals surface area contributed by atoms with Gasteiger partial charge in [-0.15, -0.1) is 0 Å². The highest BCUT2D eigenvalue weighted by Gasteiger charge is 2.46. The van der Waals surface area contributed by atoms with E-state index in [0.29, 0.717) is 11.5 Å². The summed E-state index contributed by atoms with van der Waals surface area (Å²) in [5.41, 5.74) is 1.82. The summed E-state index contributed by atoms with van der Waals surface area (Å²) in [5.74, 6) is 0.733. The average Bonchev–Trinajstić information content (AvgIpc) is 2.28. The van der Waals surface area contributed by atoms with Crippen LogP contribution in [-0.4, -0.2) is 30.5 Å². The van der Waals surface area contributed by atoms with Crippen molar-refractivity contribution in [1.29, 1.82) is 0 Å². The number of hydrogen-bond donors (Lipinski definition) is 0. The fourth-order valence-electron chi connectivity index (χ4n) is 3.53. The molecule has 4 heteroatoms. The molecule has 0 spiro atoms. The van der Waals surface area contributed by atoms with Gasteiger partial charge in [0.15, 0.2) is 0 Å². The summed E-state index contributed by atoms with van der Waals surface area (Å²) in [5, 5.41) is 0.837. The zero-order valence-corrected chi connectivity index (χ0v) is 15.0. The number of benzene rings is 1. The van der Waals surface area contributed by atoms with E-state index in [-0.39, 0.29) is 17.9 Å². The monoisotopic (exact) mass is 332 g/mol. The van der Waals surface area contributed by atoms with E-state index in [1.807, 2.05) is 12.1 Å². The number of hydrogen-bond acceptors (Lipinski definition) is 1. The average molecular weight is 333 g/mol. The van der Waals surface area contributed by atoms with Crippen LogP contribution in [0.15, 0.2) is 24.3 Å². The highest BCUT2D eigenvalue weighted by atomic mass is 35.5. The molecule has 2 N–H and O–H groups in total. The predicted octanol–water partition coefficient (Wildman–Crippen LogP) is 0.917. The molecule has 1 aliphatic carbocycles. The van der Waals surface area contributed by atoms with Gasteiger partial charge in [0.1, 0.15) is 0 Å². The molecule has 0 heterocycles. The molecule has 0 amide bonds. The third kappa shape index (κ3) is 4.35. The van der Waals surface area contributed by atoms with Crippen molar-refractivity contribution < 1.29 is 17.9 Å². The lowest BCUT2D eigenvalue weighted by Crippen LogP contribution is -3.00. The summed E-state index contributed by atoms with van der Waals surface area (Å²) >= 11 is 6.04. The van der Waals surface area contributed by atoms with Gasteiger partial charge in [-0.3, -0.25) is 0 Å². The van der Waals surface area contributed by atoms with E-state index in [0.717, 1.165) is 10.9 Å². The van der Waals surface area contributed by atoms with Crippen LogP contribution in [0.3, 0.4) is 0 Å². The van der Waals surface area contributed by atoms with E-state index in [4.69, 9.17) is 11.6 Å². The Morgan fingerprint density at radius 2 is 1.67 bits per heavy atom. The Balaban J connectivity index is 0.00000200. The van der Waals surface area contributed by atoms with Crippen molar-refractivity contribution in [1.82, 2.24) is 4.90 Å². The molecule has 0 radical (unpaired) electrons. The van der Waals surface area contributed by atoms with Gasteiger partial charge in [-0.05, 0) is 57.0 Å². The maximum absolute atomic E-state index is 6.04. The standard InChI is InChI=1S/C17H26ClN.ClH.H2O/c1-13(2)12-16(19(3)4)17(10-5-11-17)14-6-8-15(18)9-7-14;;/h6-9,13,16H,5,10-12H2,1-4H3;1H;1H2/p-1. The molecule has 1 aromatic rings. The summed E-state index contributed by atoms with van der Waals surface area (Å²) in [4.78, 5) is 2.42. The summed E-state index contributed by atoms with van der Waals surface area (Å²) in [6, 6.07) is 9.18. The Morgan fingerprint density at radius 3 is 2.00 bits per heavy atom. The van der Waals surface area contributed by atoms with Crippen molar-refractivity contribution in [3.63, 3.8) is 0 Å². The van der Waals surface area contributed by atoms with Crippen molar-refractivity contribution in [2.24, 2.45) is 5.92 Å². The third-order valence-electron chi connectivity index (χ3n) is 4.62. The Hall–Kier alpha value is -0.280. The number of rotatable bonds is 5. The SMILES string of the molecule is CC(C)CC(N(C)C)C1(c2ccc(Cl)cc2)CCC1.O.[Cl-]. The Labute approximate surface area is 140 Å². The first-order valence-electron chi connectivity index (χ1n) is 7.38. The van der Waals surface area contributed by atoms with Gasteiger partial charge in [0.2, 0.25) is 0 Å². The third-order valence-corrected chi connectivity index (χ3v) is 4.87. The molecule has 122 valence electrons. The van der Waals surface area contributed by atoms with Gasteiger partial charge in [0.25, 0.3) is 0 Å². The minimum Gasteiger partial charge on any atom is -1.00 e. The van der Waals surface area contributed by atoms with E-state index in [2.05, 4.69) is 45.0 Å². The topological polar surface area (TPSA) is 34.7 Å². The predicted molar refractivity (Wildman–Crippen MR) is 87.5 cm³/mol. The first-order valence-corrected chi connectivity index (χ1v) is 7.76. The van der Waals surface area contributed by atoms with Crippen molar-refractivity contribution >= 4 is 11.6 Å². The van der Waals surface area contributed by atoms with E-state index in [1.165, 1.54) is 31.2 Å². The van der Waals surface area contributed by atoms with Gasteiger partial charge < -0.3 is 22.8 Å². The van der Waals surface area contributed by atoms with E-state index >= 15 is 0 Å². The second kappa shape index (κ2) is 8.38. The molecule has 0 aromatic heterocycles. The zero-order valence-electron chi connectivity index (χ0n) is 13.5. The molecule has 1 aromatic carbocycles. The van der Waals surface area contributed by atoms with Crippen LogP contribution in [0.1, 0.15) is 45.1 Å². The van der Waals surface area contributed by atoms with E-state index in [9.17, 15) is 0 Å². The number of likely N-dealkylation sites (N-methyl/N-ethyl adjacent to an activating group) is 1. The lowest BCUT2D eigenvalue weighted by Gasteiger charge is -2.51. The zero-order chi connectivity index (χ0) is 14.0. The second-order valence-corrected chi connectivity index (χ2v) is 7.06. The van der Waals surface area contributed by atoms with E-state index in [1.54, 1.807) is 0 Å². The van der Waals surface area contributed by atoms with Gasteiger partial charge in [-0.2, -0.15) is 0 Å². The molecule has 1 saturated carbocycles. The second-order valence-electron chi connectivity index (χ2n) is 6.63. The largest absolute Gasteiger partial charge is 1.00 e. The van der Waals surface area contributed by atoms with Crippen LogP contribution in [0.25, 0.3) is 0 Å². The van der Waals surface area contributed by atoms with Crippen molar-refractivity contribution in [2.75, 3.05) is 14.1 Å². The molecular formula is C17H28Cl2NO-. The Kier molecular flexibility index (Phi) is 8.27. The summed E-state index contributed by atoms with van der Waals surface area (Å²) in [6.45, 7) is 4.65. The van der Waals surface area contributed by atoms with Crippen molar-refractivity contribution in [2.45, 2.75) is 51.0 Å². The fourth-order valence-corrected chi connectivity index (χ4v) is 3.66. The minimum atomic E-state index is 0. The Morgan fingerprint density at radius 1 is 1.14 bits per heavy atom. The van der Waals surface area contributed by atoms with Gasteiger partial charge >= 0.3 is 0 Å². The van der Waals surface area contributed by atoms with E-state index < -0.39 is 0 Å². The fraction of sp³-hybridized carbons (Fsp3) is 0.647. The van der Waals surface area contributed by atoms with Crippen LogP contribution >= 0.6 is 11.6 Å². The highest BCUT2D eigenvalue weighted by Crippen LogP contribution is 2.49. The molecule has 0 bridgehead atoms. The Bertz CT molecular complexity index is 413. The summed E-state index contributed by atoms with van der Waals surface area (Å²) < 4.78 is 0. The molecule has 1 fully saturated rings. The smallest absolute Gasteiger partial charge is 0.0406 e.